The van der Waals surface area contributed by atoms with Crippen molar-refractivity contribution in [1.29, 1.82) is 0 Å². The summed E-state index contributed by atoms with van der Waals surface area (Å²) in [7, 11) is 0. The molecule has 0 radical (unpaired) electrons. The SMILES string of the molecule is O=C(Nc1ccccc1)Nc1ccc(C(=O)NCCc2ccc(OC(F)F)cc2)s1. The van der Waals surface area contributed by atoms with E-state index < -0.39 is 12.6 Å². The van der Waals surface area contributed by atoms with E-state index in [-0.39, 0.29) is 11.7 Å². The van der Waals surface area contributed by atoms with Crippen molar-refractivity contribution in [3.05, 3.63) is 77.2 Å². The van der Waals surface area contributed by atoms with Gasteiger partial charge in [-0.3, -0.25) is 10.1 Å². The highest BCUT2D eigenvalue weighted by molar-refractivity contribution is 7.18. The number of thiophene rings is 1. The highest BCUT2D eigenvalue weighted by Gasteiger charge is 2.11. The Morgan fingerprint density at radius 1 is 0.933 bits per heavy atom. The molecule has 1 aromatic heterocycles. The maximum Gasteiger partial charge on any atom is 0.387 e. The summed E-state index contributed by atoms with van der Waals surface area (Å²) < 4.78 is 28.6. The summed E-state index contributed by atoms with van der Waals surface area (Å²) >= 11 is 1.16. The van der Waals surface area contributed by atoms with Crippen LogP contribution >= 0.6 is 11.3 Å². The van der Waals surface area contributed by atoms with Crippen LogP contribution in [0.5, 0.6) is 5.75 Å². The quantitative estimate of drug-likeness (QED) is 0.471. The number of carbonyl (C=O) groups excluding carboxylic acids is 2. The van der Waals surface area contributed by atoms with E-state index in [1.54, 1.807) is 36.4 Å². The van der Waals surface area contributed by atoms with Gasteiger partial charge in [-0.1, -0.05) is 30.3 Å². The highest BCUT2D eigenvalue weighted by atomic mass is 32.1. The minimum Gasteiger partial charge on any atom is -0.435 e. The molecule has 0 aliphatic heterocycles. The van der Waals surface area contributed by atoms with Gasteiger partial charge in [0.25, 0.3) is 5.91 Å². The normalized spacial score (nSPS) is 10.5. The standard InChI is InChI=1S/C21H19F2N3O3S/c22-20(23)29-16-8-6-14(7-9-16)12-13-24-19(27)17-10-11-18(30-17)26-21(28)25-15-4-2-1-3-5-15/h1-11,20H,12-13H2,(H,24,27)(H2,25,26,28). The number of ether oxygens (including phenoxy) is 1. The minimum absolute atomic E-state index is 0.0905. The maximum absolute atomic E-state index is 12.3. The van der Waals surface area contributed by atoms with Gasteiger partial charge in [0.1, 0.15) is 5.75 Å². The van der Waals surface area contributed by atoms with Crippen LogP contribution in [0.3, 0.4) is 0 Å². The predicted molar refractivity (Wildman–Crippen MR) is 113 cm³/mol. The lowest BCUT2D eigenvalue weighted by atomic mass is 10.1. The van der Waals surface area contributed by atoms with Crippen molar-refractivity contribution in [1.82, 2.24) is 5.32 Å². The van der Waals surface area contributed by atoms with Crippen molar-refractivity contribution in [3.8, 4) is 5.75 Å². The number of alkyl halides is 2. The number of anilines is 2. The third-order valence-electron chi connectivity index (χ3n) is 3.95. The number of hydrogen-bond acceptors (Lipinski definition) is 4. The summed E-state index contributed by atoms with van der Waals surface area (Å²) in [4.78, 5) is 24.7. The molecule has 3 N–H and O–H groups in total. The summed E-state index contributed by atoms with van der Waals surface area (Å²) in [6.45, 7) is -2.48. The molecule has 9 heteroatoms. The average Bonchev–Trinajstić information content (AvgIpc) is 3.18. The topological polar surface area (TPSA) is 79.5 Å². The Labute approximate surface area is 175 Å². The maximum atomic E-state index is 12.3. The summed E-state index contributed by atoms with van der Waals surface area (Å²) in [5.41, 5.74) is 1.54. The van der Waals surface area contributed by atoms with Crippen molar-refractivity contribution in [2.75, 3.05) is 17.2 Å². The van der Waals surface area contributed by atoms with Gasteiger partial charge in [0.05, 0.1) is 9.88 Å². The van der Waals surface area contributed by atoms with Crippen molar-refractivity contribution in [2.45, 2.75) is 13.0 Å². The highest BCUT2D eigenvalue weighted by Crippen LogP contribution is 2.22. The van der Waals surface area contributed by atoms with Gasteiger partial charge < -0.3 is 15.4 Å². The van der Waals surface area contributed by atoms with Crippen molar-refractivity contribution >= 4 is 34.0 Å². The first-order valence-corrected chi connectivity index (χ1v) is 9.86. The van der Waals surface area contributed by atoms with Gasteiger partial charge in [0.15, 0.2) is 0 Å². The molecule has 1 heterocycles. The zero-order chi connectivity index (χ0) is 21.3. The van der Waals surface area contributed by atoms with Gasteiger partial charge in [0, 0.05) is 12.2 Å². The summed E-state index contributed by atoms with van der Waals surface area (Å²) in [5.74, 6) is -0.165. The molecule has 0 spiro atoms. The molecule has 0 saturated heterocycles. The minimum atomic E-state index is -2.86. The number of nitrogens with one attached hydrogen (secondary N) is 3. The molecule has 0 aliphatic carbocycles. The van der Waals surface area contributed by atoms with Gasteiger partial charge >= 0.3 is 12.6 Å². The fourth-order valence-electron chi connectivity index (χ4n) is 2.57. The van der Waals surface area contributed by atoms with Crippen molar-refractivity contribution < 1.29 is 23.1 Å². The number of carbonyl (C=O) groups is 2. The van der Waals surface area contributed by atoms with E-state index in [0.29, 0.717) is 28.5 Å². The first-order valence-electron chi connectivity index (χ1n) is 9.04. The molecule has 0 unspecified atom stereocenters. The van der Waals surface area contributed by atoms with Gasteiger partial charge in [0.2, 0.25) is 0 Å². The smallest absolute Gasteiger partial charge is 0.387 e. The number of urea groups is 1. The zero-order valence-corrected chi connectivity index (χ0v) is 16.5. The van der Waals surface area contributed by atoms with E-state index in [9.17, 15) is 18.4 Å². The average molecular weight is 431 g/mol. The van der Waals surface area contributed by atoms with Crippen LogP contribution in [-0.4, -0.2) is 25.1 Å². The lowest BCUT2D eigenvalue weighted by molar-refractivity contribution is -0.0498. The zero-order valence-electron chi connectivity index (χ0n) is 15.7. The van der Waals surface area contributed by atoms with E-state index >= 15 is 0 Å². The lowest BCUT2D eigenvalue weighted by Gasteiger charge is -2.07. The molecule has 3 rings (SSSR count). The van der Waals surface area contributed by atoms with Crippen LogP contribution in [0.4, 0.5) is 24.3 Å². The monoisotopic (exact) mass is 431 g/mol. The molecule has 0 aliphatic rings. The number of benzene rings is 2. The third kappa shape index (κ3) is 6.56. The van der Waals surface area contributed by atoms with Crippen molar-refractivity contribution in [3.63, 3.8) is 0 Å². The van der Waals surface area contributed by atoms with Crippen LogP contribution in [0.15, 0.2) is 66.7 Å². The molecule has 0 saturated carbocycles. The van der Waals surface area contributed by atoms with Crippen LogP contribution in [0.25, 0.3) is 0 Å². The van der Waals surface area contributed by atoms with E-state index in [1.807, 2.05) is 18.2 Å². The molecular formula is C21H19F2N3O3S. The molecule has 156 valence electrons. The Balaban J connectivity index is 1.44. The molecule has 3 aromatic rings. The number of hydrogen-bond donors (Lipinski definition) is 3. The third-order valence-corrected chi connectivity index (χ3v) is 4.95. The molecular weight excluding hydrogens is 412 g/mol. The number of halogens is 2. The Morgan fingerprint density at radius 2 is 1.67 bits per heavy atom. The van der Waals surface area contributed by atoms with E-state index in [0.717, 1.165) is 16.9 Å². The lowest BCUT2D eigenvalue weighted by Crippen LogP contribution is -2.24. The molecule has 6 nitrogen and oxygen atoms in total. The molecule has 2 aromatic carbocycles. The number of amides is 3. The second-order valence-corrected chi connectivity index (χ2v) is 7.22. The van der Waals surface area contributed by atoms with E-state index in [1.165, 1.54) is 12.1 Å². The van der Waals surface area contributed by atoms with Gasteiger partial charge in [-0.15, -0.1) is 11.3 Å². The Bertz CT molecular complexity index is 979. The predicted octanol–water partition coefficient (Wildman–Crippen LogP) is 4.97. The largest absolute Gasteiger partial charge is 0.435 e. The Hall–Kier alpha value is -3.46. The van der Waals surface area contributed by atoms with Gasteiger partial charge in [-0.2, -0.15) is 8.78 Å². The number of rotatable bonds is 8. The fourth-order valence-corrected chi connectivity index (χ4v) is 3.39. The van der Waals surface area contributed by atoms with E-state index in [4.69, 9.17) is 0 Å². The summed E-state index contributed by atoms with van der Waals surface area (Å²) in [6, 6.07) is 18.2. The second-order valence-electron chi connectivity index (χ2n) is 6.14. The fraction of sp³-hybridized carbons (Fsp3) is 0.143. The van der Waals surface area contributed by atoms with E-state index in [2.05, 4.69) is 20.7 Å². The van der Waals surface area contributed by atoms with Crippen LogP contribution in [0.2, 0.25) is 0 Å². The van der Waals surface area contributed by atoms with Crippen LogP contribution in [0.1, 0.15) is 15.2 Å². The molecule has 0 bridgehead atoms. The van der Waals surface area contributed by atoms with Crippen LogP contribution in [-0.2, 0) is 6.42 Å². The molecule has 0 fully saturated rings. The number of para-hydroxylation sites is 1. The van der Waals surface area contributed by atoms with Crippen molar-refractivity contribution in [2.24, 2.45) is 0 Å². The summed E-state index contributed by atoms with van der Waals surface area (Å²) in [6.07, 6.45) is 0.538. The first-order chi connectivity index (χ1) is 14.5. The van der Waals surface area contributed by atoms with Gasteiger partial charge in [-0.05, 0) is 48.4 Å². The van der Waals surface area contributed by atoms with Crippen LogP contribution < -0.4 is 20.7 Å². The molecule has 0 atom stereocenters. The molecule has 3 amide bonds. The second kappa shape index (κ2) is 10.4. The molecule has 30 heavy (non-hydrogen) atoms. The Kier molecular flexibility index (Phi) is 7.34. The Morgan fingerprint density at radius 3 is 2.37 bits per heavy atom. The van der Waals surface area contributed by atoms with Crippen LogP contribution in [0, 0.1) is 0 Å². The van der Waals surface area contributed by atoms with Gasteiger partial charge in [-0.25, -0.2) is 4.79 Å². The summed E-state index contributed by atoms with van der Waals surface area (Å²) in [5, 5.41) is 8.73. The first kappa shape index (κ1) is 21.3.